The highest BCUT2D eigenvalue weighted by Gasteiger charge is 2.25. The molecule has 0 aromatic heterocycles. The van der Waals surface area contributed by atoms with Gasteiger partial charge in [0.2, 0.25) is 0 Å². The highest BCUT2D eigenvalue weighted by molar-refractivity contribution is 6.31. The van der Waals surface area contributed by atoms with Crippen molar-refractivity contribution in [1.82, 2.24) is 0 Å². The lowest BCUT2D eigenvalue weighted by Gasteiger charge is -2.13. The third-order valence-electron chi connectivity index (χ3n) is 3.35. The molecule has 1 N–H and O–H groups in total. The molecule has 0 bridgehead atoms. The van der Waals surface area contributed by atoms with Crippen LogP contribution < -0.4 is 5.32 Å². The van der Waals surface area contributed by atoms with Gasteiger partial charge in [0.1, 0.15) is 5.56 Å². The third kappa shape index (κ3) is 4.77. The van der Waals surface area contributed by atoms with Crippen molar-refractivity contribution < 1.29 is 19.2 Å². The molecule has 0 radical (unpaired) electrons. The number of esters is 1. The van der Waals surface area contributed by atoms with E-state index >= 15 is 0 Å². The number of hydrogen-bond acceptors (Lipinski definition) is 5. The maximum atomic E-state index is 12.1. The summed E-state index contributed by atoms with van der Waals surface area (Å²) in [5.41, 5.74) is 0.830. The van der Waals surface area contributed by atoms with Crippen LogP contribution in [0.4, 0.5) is 11.4 Å². The molecule has 7 nitrogen and oxygen atoms in total. The number of aryl methyl sites for hydroxylation is 1. The summed E-state index contributed by atoms with van der Waals surface area (Å²) < 4.78 is 5.03. The molecule has 0 aliphatic carbocycles. The van der Waals surface area contributed by atoms with Crippen molar-refractivity contribution in [3.63, 3.8) is 0 Å². The zero-order valence-electron chi connectivity index (χ0n) is 13.5. The minimum Gasteiger partial charge on any atom is -0.449 e. The summed E-state index contributed by atoms with van der Waals surface area (Å²) in [6, 6.07) is 10.6. The van der Waals surface area contributed by atoms with Crippen LogP contribution in [0.3, 0.4) is 0 Å². The zero-order valence-corrected chi connectivity index (χ0v) is 14.2. The Labute approximate surface area is 148 Å². The molecule has 1 unspecified atom stereocenters. The van der Waals surface area contributed by atoms with Gasteiger partial charge in [-0.3, -0.25) is 14.9 Å². The number of carbonyl (C=O) groups is 2. The lowest BCUT2D eigenvalue weighted by Crippen LogP contribution is -2.30. The van der Waals surface area contributed by atoms with Gasteiger partial charge in [0, 0.05) is 16.8 Å². The van der Waals surface area contributed by atoms with Crippen molar-refractivity contribution in [3.8, 4) is 0 Å². The second kappa shape index (κ2) is 7.76. The largest absolute Gasteiger partial charge is 0.449 e. The lowest BCUT2D eigenvalue weighted by atomic mass is 10.2. The molecular formula is C17H15ClN2O5. The third-order valence-corrected chi connectivity index (χ3v) is 3.58. The molecule has 25 heavy (non-hydrogen) atoms. The number of carbonyl (C=O) groups excluding carboxylic acids is 2. The van der Waals surface area contributed by atoms with E-state index in [1.165, 1.54) is 19.1 Å². The van der Waals surface area contributed by atoms with Crippen molar-refractivity contribution in [2.75, 3.05) is 5.32 Å². The van der Waals surface area contributed by atoms with Crippen LogP contribution in [-0.4, -0.2) is 22.9 Å². The summed E-state index contributed by atoms with van der Waals surface area (Å²) >= 11 is 5.70. The summed E-state index contributed by atoms with van der Waals surface area (Å²) in [7, 11) is 0. The van der Waals surface area contributed by atoms with E-state index in [0.29, 0.717) is 5.69 Å². The van der Waals surface area contributed by atoms with Gasteiger partial charge in [-0.25, -0.2) is 4.79 Å². The SMILES string of the molecule is Cc1ccc(NC(=O)C(C)OC(=O)c2ccc(Cl)cc2[N+](=O)[O-])cc1. The smallest absolute Gasteiger partial charge is 0.345 e. The average Bonchev–Trinajstić information content (AvgIpc) is 2.56. The molecule has 2 aromatic rings. The van der Waals surface area contributed by atoms with Crippen LogP contribution in [0.15, 0.2) is 42.5 Å². The Morgan fingerprint density at radius 3 is 2.44 bits per heavy atom. The van der Waals surface area contributed by atoms with Gasteiger partial charge in [0.05, 0.1) is 4.92 Å². The Bertz CT molecular complexity index is 820. The molecule has 0 saturated heterocycles. The minimum absolute atomic E-state index is 0.119. The van der Waals surface area contributed by atoms with Crippen LogP contribution >= 0.6 is 11.6 Å². The van der Waals surface area contributed by atoms with Gasteiger partial charge in [0.15, 0.2) is 6.10 Å². The topological polar surface area (TPSA) is 98.5 Å². The highest BCUT2D eigenvalue weighted by Crippen LogP contribution is 2.24. The summed E-state index contributed by atoms with van der Waals surface area (Å²) in [5.74, 6) is -1.52. The van der Waals surface area contributed by atoms with E-state index in [0.717, 1.165) is 11.6 Å². The molecule has 0 fully saturated rings. The second-order valence-corrected chi connectivity index (χ2v) is 5.76. The Morgan fingerprint density at radius 1 is 1.20 bits per heavy atom. The Morgan fingerprint density at radius 2 is 1.84 bits per heavy atom. The van der Waals surface area contributed by atoms with Crippen LogP contribution in [-0.2, 0) is 9.53 Å². The van der Waals surface area contributed by atoms with Crippen LogP contribution in [0.1, 0.15) is 22.8 Å². The summed E-state index contributed by atoms with van der Waals surface area (Å²) in [6.07, 6.45) is -1.14. The number of nitrogens with one attached hydrogen (secondary N) is 1. The summed E-state index contributed by atoms with van der Waals surface area (Å²) in [4.78, 5) is 34.5. The first-order valence-corrected chi connectivity index (χ1v) is 7.68. The molecule has 0 aliphatic rings. The van der Waals surface area contributed by atoms with E-state index in [2.05, 4.69) is 5.32 Å². The van der Waals surface area contributed by atoms with Crippen LogP contribution in [0.5, 0.6) is 0 Å². The van der Waals surface area contributed by atoms with Gasteiger partial charge < -0.3 is 10.1 Å². The molecular weight excluding hydrogens is 348 g/mol. The molecule has 0 spiro atoms. The van der Waals surface area contributed by atoms with E-state index in [-0.39, 0.29) is 10.6 Å². The van der Waals surface area contributed by atoms with Crippen LogP contribution in [0.2, 0.25) is 5.02 Å². The number of anilines is 1. The van der Waals surface area contributed by atoms with Crippen molar-refractivity contribution in [2.45, 2.75) is 20.0 Å². The van der Waals surface area contributed by atoms with Crippen molar-refractivity contribution >= 4 is 34.9 Å². The van der Waals surface area contributed by atoms with E-state index in [1.807, 2.05) is 19.1 Å². The maximum Gasteiger partial charge on any atom is 0.345 e. The molecule has 8 heteroatoms. The van der Waals surface area contributed by atoms with Crippen molar-refractivity contribution in [3.05, 3.63) is 68.7 Å². The molecule has 0 aliphatic heterocycles. The van der Waals surface area contributed by atoms with Gasteiger partial charge >= 0.3 is 5.97 Å². The van der Waals surface area contributed by atoms with Crippen molar-refractivity contribution in [2.24, 2.45) is 0 Å². The predicted molar refractivity (Wildman–Crippen MR) is 92.8 cm³/mol. The molecule has 2 rings (SSSR count). The number of amides is 1. The zero-order chi connectivity index (χ0) is 18.6. The molecule has 1 amide bonds. The summed E-state index contributed by atoms with van der Waals surface area (Å²) in [5, 5.41) is 13.7. The molecule has 1 atom stereocenters. The van der Waals surface area contributed by atoms with Crippen LogP contribution in [0.25, 0.3) is 0 Å². The number of nitro groups is 1. The first-order valence-electron chi connectivity index (χ1n) is 7.30. The lowest BCUT2D eigenvalue weighted by molar-refractivity contribution is -0.385. The average molecular weight is 363 g/mol. The van der Waals surface area contributed by atoms with Gasteiger partial charge in [-0.05, 0) is 38.1 Å². The Balaban J connectivity index is 2.08. The van der Waals surface area contributed by atoms with Gasteiger partial charge in [-0.15, -0.1) is 0 Å². The number of benzene rings is 2. The molecule has 130 valence electrons. The standard InChI is InChI=1S/C17H15ClN2O5/c1-10-3-6-13(7-4-10)19-16(21)11(2)25-17(22)14-8-5-12(18)9-15(14)20(23)24/h3-9,11H,1-2H3,(H,19,21). The second-order valence-electron chi connectivity index (χ2n) is 5.32. The quantitative estimate of drug-likeness (QED) is 0.496. The monoisotopic (exact) mass is 362 g/mol. The van der Waals surface area contributed by atoms with E-state index in [4.69, 9.17) is 16.3 Å². The van der Waals surface area contributed by atoms with Gasteiger partial charge in [-0.1, -0.05) is 29.3 Å². The fraction of sp³-hybridized carbons (Fsp3) is 0.176. The van der Waals surface area contributed by atoms with E-state index in [1.54, 1.807) is 12.1 Å². The molecule has 2 aromatic carbocycles. The summed E-state index contributed by atoms with van der Waals surface area (Å²) in [6.45, 7) is 3.29. The first kappa shape index (κ1) is 18.4. The number of nitrogens with zero attached hydrogens (tertiary/aromatic N) is 1. The van der Waals surface area contributed by atoms with Crippen LogP contribution in [0, 0.1) is 17.0 Å². The number of halogens is 1. The van der Waals surface area contributed by atoms with Crippen molar-refractivity contribution in [1.29, 1.82) is 0 Å². The number of rotatable bonds is 5. The number of hydrogen-bond donors (Lipinski definition) is 1. The maximum absolute atomic E-state index is 12.1. The van der Waals surface area contributed by atoms with Gasteiger partial charge in [0.25, 0.3) is 11.6 Å². The Kier molecular flexibility index (Phi) is 5.71. The predicted octanol–water partition coefficient (Wildman–Crippen LogP) is 3.74. The fourth-order valence-corrected chi connectivity index (χ4v) is 2.15. The first-order chi connectivity index (χ1) is 11.8. The number of nitro benzene ring substituents is 1. The Hall–Kier alpha value is -2.93. The van der Waals surface area contributed by atoms with E-state index in [9.17, 15) is 19.7 Å². The van der Waals surface area contributed by atoms with E-state index < -0.39 is 28.6 Å². The molecule has 0 heterocycles. The molecule has 0 saturated carbocycles. The highest BCUT2D eigenvalue weighted by atomic mass is 35.5. The number of ether oxygens (including phenoxy) is 1. The minimum atomic E-state index is -1.14. The fourth-order valence-electron chi connectivity index (χ4n) is 1.99. The van der Waals surface area contributed by atoms with Gasteiger partial charge in [-0.2, -0.15) is 0 Å². The normalized spacial score (nSPS) is 11.5.